The predicted octanol–water partition coefficient (Wildman–Crippen LogP) is 1.32. The summed E-state index contributed by atoms with van der Waals surface area (Å²) in [5.41, 5.74) is 2.09. The highest BCUT2D eigenvalue weighted by Crippen LogP contribution is 2.42. The topological polar surface area (TPSA) is 61.8 Å². The van der Waals surface area contributed by atoms with Crippen molar-refractivity contribution in [2.75, 3.05) is 27.1 Å². The lowest BCUT2D eigenvalue weighted by Gasteiger charge is -2.30. The number of rotatable bonds is 5. The largest absolute Gasteiger partial charge is 0.493 e. The van der Waals surface area contributed by atoms with Crippen LogP contribution in [0.15, 0.2) is 12.1 Å². The van der Waals surface area contributed by atoms with Crippen molar-refractivity contribution in [2.45, 2.75) is 12.3 Å². The lowest BCUT2D eigenvalue weighted by Crippen LogP contribution is -2.25. The van der Waals surface area contributed by atoms with Crippen molar-refractivity contribution < 1.29 is 22.1 Å². The molecule has 100 valence electrons. The van der Waals surface area contributed by atoms with Gasteiger partial charge in [-0.3, -0.25) is 4.18 Å². The van der Waals surface area contributed by atoms with Crippen molar-refractivity contribution in [2.24, 2.45) is 0 Å². The van der Waals surface area contributed by atoms with E-state index < -0.39 is 10.1 Å². The monoisotopic (exact) mass is 272 g/mol. The van der Waals surface area contributed by atoms with Gasteiger partial charge in [-0.15, -0.1) is 0 Å². The number of benzene rings is 1. The highest BCUT2D eigenvalue weighted by molar-refractivity contribution is 7.86. The molecule has 0 N–H and O–H groups in total. The third-order valence-corrected chi connectivity index (χ3v) is 4.53. The molecule has 0 aliphatic heterocycles. The summed E-state index contributed by atoms with van der Waals surface area (Å²) in [6.45, 7) is 0. The molecule has 0 radical (unpaired) electrons. The van der Waals surface area contributed by atoms with Crippen LogP contribution in [0, 0.1) is 0 Å². The molecular formula is C12H16O5S. The van der Waals surface area contributed by atoms with Gasteiger partial charge in [0, 0.05) is 5.92 Å². The summed E-state index contributed by atoms with van der Waals surface area (Å²) in [5, 5.41) is 0. The van der Waals surface area contributed by atoms with Gasteiger partial charge in [-0.1, -0.05) is 0 Å². The first-order chi connectivity index (χ1) is 8.50. The molecule has 5 nitrogen and oxygen atoms in total. The predicted molar refractivity (Wildman–Crippen MR) is 66.8 cm³/mol. The highest BCUT2D eigenvalue weighted by atomic mass is 32.2. The number of hydrogen-bond acceptors (Lipinski definition) is 5. The maximum atomic E-state index is 11.4. The molecule has 1 aromatic carbocycles. The van der Waals surface area contributed by atoms with Gasteiger partial charge in [-0.2, -0.15) is 8.42 Å². The zero-order valence-electron chi connectivity index (χ0n) is 10.6. The van der Waals surface area contributed by atoms with E-state index in [1.165, 1.54) is 7.11 Å². The summed E-state index contributed by atoms with van der Waals surface area (Å²) in [4.78, 5) is 0. The van der Waals surface area contributed by atoms with E-state index >= 15 is 0 Å². The molecule has 1 aliphatic rings. The molecule has 18 heavy (non-hydrogen) atoms. The molecule has 6 heteroatoms. The second-order valence-corrected chi connectivity index (χ2v) is 5.98. The molecule has 0 aromatic heterocycles. The normalized spacial score (nSPS) is 17.8. The van der Waals surface area contributed by atoms with Crippen molar-refractivity contribution in [1.29, 1.82) is 0 Å². The van der Waals surface area contributed by atoms with E-state index in [1.807, 2.05) is 12.1 Å². The molecule has 1 atom stereocenters. The van der Waals surface area contributed by atoms with Gasteiger partial charge >= 0.3 is 0 Å². The van der Waals surface area contributed by atoms with Crippen molar-refractivity contribution in [1.82, 2.24) is 0 Å². The van der Waals surface area contributed by atoms with Crippen LogP contribution in [0.1, 0.15) is 17.0 Å². The summed E-state index contributed by atoms with van der Waals surface area (Å²) >= 11 is 0. The van der Waals surface area contributed by atoms with Gasteiger partial charge in [0.15, 0.2) is 11.5 Å². The van der Waals surface area contributed by atoms with E-state index in [0.717, 1.165) is 17.5 Å². The maximum Gasteiger partial charge on any atom is 0.267 e. The van der Waals surface area contributed by atoms with Gasteiger partial charge in [0.1, 0.15) is 0 Å². The molecular weight excluding hydrogens is 256 g/mol. The van der Waals surface area contributed by atoms with Crippen LogP contribution in [0.25, 0.3) is 0 Å². The van der Waals surface area contributed by atoms with E-state index in [9.17, 15) is 8.42 Å². The molecule has 0 bridgehead atoms. The quantitative estimate of drug-likeness (QED) is 0.756. The van der Waals surface area contributed by atoms with Crippen LogP contribution >= 0.6 is 0 Å². The summed E-state index contributed by atoms with van der Waals surface area (Å²) in [6.07, 6.45) is 0.721. The Bertz CT molecular complexity index is 550. The molecule has 2 rings (SSSR count). The van der Waals surface area contributed by atoms with Crippen molar-refractivity contribution in [3.8, 4) is 11.5 Å². The van der Waals surface area contributed by atoms with Crippen molar-refractivity contribution in [3.63, 3.8) is 0 Å². The third-order valence-electron chi connectivity index (χ3n) is 3.21. The van der Waals surface area contributed by atoms with Gasteiger partial charge in [0.05, 0.1) is 27.1 Å². The smallest absolute Gasteiger partial charge is 0.267 e. The second kappa shape index (κ2) is 4.78. The molecule has 0 fully saturated rings. The number of fused-ring (bicyclic) bond motifs is 1. The third kappa shape index (κ3) is 2.30. The fourth-order valence-electron chi connectivity index (χ4n) is 2.20. The average molecular weight is 272 g/mol. The van der Waals surface area contributed by atoms with E-state index in [4.69, 9.17) is 9.47 Å². The number of ether oxygens (including phenoxy) is 2. The van der Waals surface area contributed by atoms with Gasteiger partial charge in [0.25, 0.3) is 10.1 Å². The first-order valence-electron chi connectivity index (χ1n) is 5.54. The Hall–Kier alpha value is -1.27. The van der Waals surface area contributed by atoms with Crippen LogP contribution in [0.5, 0.6) is 11.5 Å². The summed E-state index contributed by atoms with van der Waals surface area (Å²) in [5.74, 6) is 1.27. The summed E-state index contributed by atoms with van der Waals surface area (Å²) in [7, 11) is 0.893. The Morgan fingerprint density at radius 2 is 1.78 bits per heavy atom. The summed E-state index contributed by atoms with van der Waals surface area (Å²) in [6, 6.07) is 3.73. The van der Waals surface area contributed by atoms with Crippen LogP contribution in [-0.4, -0.2) is 35.5 Å². The Labute approximate surface area is 107 Å². The average Bonchev–Trinajstić information content (AvgIpc) is 2.35. The molecule has 0 heterocycles. The van der Waals surface area contributed by atoms with Gasteiger partial charge in [0.2, 0.25) is 0 Å². The zero-order chi connectivity index (χ0) is 13.3. The SMILES string of the molecule is COc1cc2c(cc1OC)C(CS(=O)(=O)OC)C2. The lowest BCUT2D eigenvalue weighted by molar-refractivity contribution is 0.352. The fourth-order valence-corrected chi connectivity index (χ4v) is 3.13. The summed E-state index contributed by atoms with van der Waals surface area (Å²) < 4.78 is 37.7. The Balaban J connectivity index is 2.25. The second-order valence-electron chi connectivity index (χ2n) is 4.20. The Kier molecular flexibility index (Phi) is 3.49. The van der Waals surface area contributed by atoms with Crippen LogP contribution in [0.2, 0.25) is 0 Å². The minimum Gasteiger partial charge on any atom is -0.493 e. The van der Waals surface area contributed by atoms with Gasteiger partial charge < -0.3 is 9.47 Å². The molecule has 0 saturated heterocycles. The molecule has 1 aliphatic carbocycles. The number of methoxy groups -OCH3 is 2. The molecule has 0 spiro atoms. The Morgan fingerprint density at radius 1 is 1.17 bits per heavy atom. The van der Waals surface area contributed by atoms with E-state index in [0.29, 0.717) is 11.5 Å². The molecule has 0 amide bonds. The lowest BCUT2D eigenvalue weighted by atomic mass is 9.78. The first kappa shape index (κ1) is 13.2. The van der Waals surface area contributed by atoms with Crippen molar-refractivity contribution >= 4 is 10.1 Å². The molecule has 1 aromatic rings. The van der Waals surface area contributed by atoms with Crippen LogP contribution in [-0.2, 0) is 20.7 Å². The minimum atomic E-state index is -3.43. The van der Waals surface area contributed by atoms with Gasteiger partial charge in [-0.05, 0) is 29.7 Å². The molecule has 0 saturated carbocycles. The highest BCUT2D eigenvalue weighted by Gasteiger charge is 2.32. The fraction of sp³-hybridized carbons (Fsp3) is 0.500. The van der Waals surface area contributed by atoms with Crippen molar-refractivity contribution in [3.05, 3.63) is 23.3 Å². The zero-order valence-corrected chi connectivity index (χ0v) is 11.4. The minimum absolute atomic E-state index is 0.00594. The van der Waals surface area contributed by atoms with Crippen LogP contribution in [0.4, 0.5) is 0 Å². The number of hydrogen-bond donors (Lipinski definition) is 0. The van der Waals surface area contributed by atoms with Gasteiger partial charge in [-0.25, -0.2) is 0 Å². The van der Waals surface area contributed by atoms with E-state index in [1.54, 1.807) is 14.2 Å². The molecule has 1 unspecified atom stereocenters. The van der Waals surface area contributed by atoms with Crippen LogP contribution < -0.4 is 9.47 Å². The van der Waals surface area contributed by atoms with Crippen LogP contribution in [0.3, 0.4) is 0 Å². The first-order valence-corrected chi connectivity index (χ1v) is 7.11. The maximum absolute atomic E-state index is 11.4. The Morgan fingerprint density at radius 3 is 2.33 bits per heavy atom. The standard InChI is InChI=1S/C12H16O5S/c1-15-11-5-8-4-9(7-18(13,14)17-3)10(8)6-12(11)16-2/h5-6,9H,4,7H2,1-3H3. The van der Waals surface area contributed by atoms with E-state index in [-0.39, 0.29) is 11.7 Å². The van der Waals surface area contributed by atoms with E-state index in [2.05, 4.69) is 4.18 Å².